The molecule has 4 nitrogen and oxygen atoms in total. The minimum Gasteiger partial charge on any atom is -0.370 e. The van der Waals surface area contributed by atoms with Crippen molar-refractivity contribution in [1.82, 2.24) is 10.1 Å². The van der Waals surface area contributed by atoms with E-state index in [1.165, 1.54) is 0 Å². The molecule has 0 amide bonds. The van der Waals surface area contributed by atoms with Gasteiger partial charge in [0.25, 0.3) is 0 Å². The van der Waals surface area contributed by atoms with Crippen LogP contribution in [0, 0.1) is 0 Å². The standard InChI is InChI=1S/C9H13BrN2O2/c1-2-6(10)9-11-8(12-14-9)7-4-3-5-13-7/h6-7H,2-5H2,1H3. The van der Waals surface area contributed by atoms with Gasteiger partial charge in [-0.3, -0.25) is 0 Å². The first-order chi connectivity index (χ1) is 6.81. The normalized spacial score (nSPS) is 24.0. The lowest BCUT2D eigenvalue weighted by molar-refractivity contribution is 0.103. The second-order valence-electron chi connectivity index (χ2n) is 3.37. The van der Waals surface area contributed by atoms with E-state index in [1.807, 2.05) is 0 Å². The molecule has 5 heteroatoms. The van der Waals surface area contributed by atoms with E-state index >= 15 is 0 Å². The molecular formula is C9H13BrN2O2. The van der Waals surface area contributed by atoms with Crippen LogP contribution in [0.2, 0.25) is 0 Å². The molecule has 1 aromatic heterocycles. The molecule has 78 valence electrons. The average molecular weight is 261 g/mol. The molecule has 2 atom stereocenters. The monoisotopic (exact) mass is 260 g/mol. The second kappa shape index (κ2) is 4.40. The minimum absolute atomic E-state index is 0.0454. The van der Waals surface area contributed by atoms with Crippen molar-refractivity contribution in [3.63, 3.8) is 0 Å². The van der Waals surface area contributed by atoms with Crippen LogP contribution in [0.25, 0.3) is 0 Å². The fourth-order valence-corrected chi connectivity index (χ4v) is 1.65. The summed E-state index contributed by atoms with van der Waals surface area (Å²) in [5.74, 6) is 1.34. The number of hydrogen-bond donors (Lipinski definition) is 0. The Morgan fingerprint density at radius 2 is 2.50 bits per heavy atom. The fraction of sp³-hybridized carbons (Fsp3) is 0.778. The van der Waals surface area contributed by atoms with Crippen LogP contribution in [0.15, 0.2) is 4.52 Å². The molecule has 1 aliphatic heterocycles. The van der Waals surface area contributed by atoms with E-state index in [0.717, 1.165) is 25.9 Å². The highest BCUT2D eigenvalue weighted by atomic mass is 79.9. The number of aromatic nitrogens is 2. The van der Waals surface area contributed by atoms with Crippen LogP contribution in [0.1, 0.15) is 48.8 Å². The lowest BCUT2D eigenvalue weighted by atomic mass is 10.2. The van der Waals surface area contributed by atoms with Crippen molar-refractivity contribution >= 4 is 15.9 Å². The van der Waals surface area contributed by atoms with Crippen LogP contribution in [0.5, 0.6) is 0 Å². The van der Waals surface area contributed by atoms with Crippen molar-refractivity contribution in [1.29, 1.82) is 0 Å². The summed E-state index contributed by atoms with van der Waals surface area (Å²) in [6, 6.07) is 0. The summed E-state index contributed by atoms with van der Waals surface area (Å²) in [5, 5.41) is 3.93. The topological polar surface area (TPSA) is 48.2 Å². The molecule has 2 rings (SSSR count). The van der Waals surface area contributed by atoms with E-state index in [2.05, 4.69) is 33.0 Å². The molecule has 0 aliphatic carbocycles. The first-order valence-corrected chi connectivity index (χ1v) is 5.82. The zero-order valence-corrected chi connectivity index (χ0v) is 9.66. The molecule has 2 unspecified atom stereocenters. The summed E-state index contributed by atoms with van der Waals surface area (Å²) >= 11 is 3.47. The Hall–Kier alpha value is -0.420. The number of ether oxygens (including phenoxy) is 1. The van der Waals surface area contributed by atoms with Gasteiger partial charge in [-0.2, -0.15) is 4.98 Å². The Bertz CT molecular complexity index is 297. The lowest BCUT2D eigenvalue weighted by Gasteiger charge is -2.01. The van der Waals surface area contributed by atoms with Gasteiger partial charge in [0.2, 0.25) is 11.7 Å². The predicted molar refractivity (Wildman–Crippen MR) is 54.2 cm³/mol. The summed E-state index contributed by atoms with van der Waals surface area (Å²) in [6.45, 7) is 2.87. The Morgan fingerprint density at radius 1 is 1.64 bits per heavy atom. The van der Waals surface area contributed by atoms with E-state index in [9.17, 15) is 0 Å². The SMILES string of the molecule is CCC(Br)c1nc(C2CCCO2)no1. The number of halogens is 1. The van der Waals surface area contributed by atoms with Gasteiger partial charge in [-0.15, -0.1) is 0 Å². The minimum atomic E-state index is 0.0454. The van der Waals surface area contributed by atoms with Gasteiger partial charge in [0.05, 0.1) is 4.83 Å². The maximum absolute atomic E-state index is 5.47. The van der Waals surface area contributed by atoms with E-state index in [1.54, 1.807) is 0 Å². The van der Waals surface area contributed by atoms with Crippen LogP contribution in [0.4, 0.5) is 0 Å². The Balaban J connectivity index is 2.08. The molecule has 1 aromatic rings. The summed E-state index contributed by atoms with van der Waals surface area (Å²) in [7, 11) is 0. The van der Waals surface area contributed by atoms with E-state index in [4.69, 9.17) is 9.26 Å². The zero-order valence-electron chi connectivity index (χ0n) is 8.07. The summed E-state index contributed by atoms with van der Waals surface area (Å²) in [4.78, 5) is 4.47. The van der Waals surface area contributed by atoms with Crippen LogP contribution in [-0.4, -0.2) is 16.7 Å². The molecule has 1 aliphatic rings. The molecule has 0 aromatic carbocycles. The third-order valence-corrected chi connectivity index (χ3v) is 3.34. The largest absolute Gasteiger partial charge is 0.370 e. The maximum atomic E-state index is 5.47. The maximum Gasteiger partial charge on any atom is 0.240 e. The van der Waals surface area contributed by atoms with Crippen molar-refractivity contribution < 1.29 is 9.26 Å². The molecule has 1 fully saturated rings. The smallest absolute Gasteiger partial charge is 0.240 e. The highest BCUT2D eigenvalue weighted by Gasteiger charge is 2.24. The van der Waals surface area contributed by atoms with Gasteiger partial charge >= 0.3 is 0 Å². The second-order valence-corrected chi connectivity index (χ2v) is 4.47. The first kappa shape index (κ1) is 10.1. The van der Waals surface area contributed by atoms with Gasteiger partial charge in [-0.25, -0.2) is 0 Å². The zero-order chi connectivity index (χ0) is 9.97. The van der Waals surface area contributed by atoms with Crippen LogP contribution < -0.4 is 0 Å². The number of nitrogens with zero attached hydrogens (tertiary/aromatic N) is 2. The van der Waals surface area contributed by atoms with Crippen LogP contribution in [-0.2, 0) is 4.74 Å². The lowest BCUT2D eigenvalue weighted by Crippen LogP contribution is -1.98. The third-order valence-electron chi connectivity index (χ3n) is 2.30. The molecule has 14 heavy (non-hydrogen) atoms. The number of rotatable bonds is 3. The van der Waals surface area contributed by atoms with Gasteiger partial charge in [-0.1, -0.05) is 28.0 Å². The summed E-state index contributed by atoms with van der Waals surface area (Å²) < 4.78 is 10.6. The molecule has 2 heterocycles. The number of alkyl halides is 1. The van der Waals surface area contributed by atoms with Gasteiger partial charge in [0.15, 0.2) is 0 Å². The van der Waals surface area contributed by atoms with Crippen molar-refractivity contribution in [3.05, 3.63) is 11.7 Å². The molecule has 0 radical (unpaired) electrons. The van der Waals surface area contributed by atoms with Gasteiger partial charge in [-0.05, 0) is 19.3 Å². The Kier molecular flexibility index (Phi) is 3.18. The molecular weight excluding hydrogens is 248 g/mol. The quantitative estimate of drug-likeness (QED) is 0.785. The van der Waals surface area contributed by atoms with E-state index < -0.39 is 0 Å². The van der Waals surface area contributed by atoms with Gasteiger partial charge in [0, 0.05) is 6.61 Å². The van der Waals surface area contributed by atoms with Gasteiger partial charge in [0.1, 0.15) is 6.10 Å². The Labute approximate surface area is 91.1 Å². The average Bonchev–Trinajstić information content (AvgIpc) is 2.86. The third kappa shape index (κ3) is 1.98. The molecule has 1 saturated heterocycles. The van der Waals surface area contributed by atoms with Crippen molar-refractivity contribution in [2.24, 2.45) is 0 Å². The summed E-state index contributed by atoms with van der Waals surface area (Å²) in [6.07, 6.45) is 3.06. The van der Waals surface area contributed by atoms with Crippen molar-refractivity contribution in [3.8, 4) is 0 Å². The number of hydrogen-bond acceptors (Lipinski definition) is 4. The predicted octanol–water partition coefficient (Wildman–Crippen LogP) is 2.77. The van der Waals surface area contributed by atoms with Crippen LogP contribution in [0.3, 0.4) is 0 Å². The fourth-order valence-electron chi connectivity index (χ4n) is 1.46. The van der Waals surface area contributed by atoms with Crippen LogP contribution >= 0.6 is 15.9 Å². The highest BCUT2D eigenvalue weighted by Crippen LogP contribution is 2.29. The molecule has 0 spiro atoms. The first-order valence-electron chi connectivity index (χ1n) is 4.90. The van der Waals surface area contributed by atoms with Gasteiger partial charge < -0.3 is 9.26 Å². The van der Waals surface area contributed by atoms with E-state index in [-0.39, 0.29) is 10.9 Å². The summed E-state index contributed by atoms with van der Waals surface area (Å²) in [5.41, 5.74) is 0. The molecule has 0 bridgehead atoms. The van der Waals surface area contributed by atoms with Crippen molar-refractivity contribution in [2.45, 2.75) is 37.1 Å². The highest BCUT2D eigenvalue weighted by molar-refractivity contribution is 9.09. The molecule has 0 N–H and O–H groups in total. The Morgan fingerprint density at radius 3 is 3.14 bits per heavy atom. The van der Waals surface area contributed by atoms with E-state index in [0.29, 0.717) is 11.7 Å². The van der Waals surface area contributed by atoms with Crippen molar-refractivity contribution in [2.75, 3.05) is 6.61 Å². The molecule has 0 saturated carbocycles.